The lowest BCUT2D eigenvalue weighted by atomic mass is 9.46. The molecule has 3 fully saturated rings. The molecule has 0 aromatic heterocycles. The first-order valence-corrected chi connectivity index (χ1v) is 4.62. The molecule has 0 radical (unpaired) electrons. The average Bonchev–Trinajstić information content (AvgIpc) is 1.87. The third-order valence-corrected chi connectivity index (χ3v) is 4.20. The lowest BCUT2D eigenvalue weighted by Gasteiger charge is -2.59. The van der Waals surface area contributed by atoms with Gasteiger partial charge in [0.25, 0.3) is 0 Å². The van der Waals surface area contributed by atoms with Gasteiger partial charge in [-0.2, -0.15) is 0 Å². The maximum atomic E-state index is 2.46. The second kappa shape index (κ2) is 1.78. The summed E-state index contributed by atoms with van der Waals surface area (Å²) < 4.78 is 0. The molecule has 0 nitrogen and oxygen atoms in total. The molecule has 0 heterocycles. The first-order valence-electron chi connectivity index (χ1n) is 4.62. The minimum Gasteiger partial charge on any atom is -0.0622 e. The molecule has 0 amide bonds. The highest BCUT2D eigenvalue weighted by atomic mass is 14.6. The fraction of sp³-hybridized carbons (Fsp3) is 1.00. The zero-order chi connectivity index (χ0) is 7.35. The van der Waals surface area contributed by atoms with Crippen molar-refractivity contribution in [3.05, 3.63) is 0 Å². The lowest BCUT2D eigenvalue weighted by Crippen LogP contribution is -2.51. The smallest absolute Gasteiger partial charge is 0.0295 e. The third-order valence-electron chi connectivity index (χ3n) is 4.20. The molecule has 0 aliphatic heterocycles. The van der Waals surface area contributed by atoms with Crippen LogP contribution in [0.25, 0.3) is 0 Å². The summed E-state index contributed by atoms with van der Waals surface area (Å²) in [6, 6.07) is 0. The molecule has 2 bridgehead atoms. The van der Waals surface area contributed by atoms with Crippen LogP contribution >= 0.6 is 0 Å². The van der Waals surface area contributed by atoms with Crippen molar-refractivity contribution >= 4 is 0 Å². The van der Waals surface area contributed by atoms with Crippen LogP contribution in [-0.2, 0) is 0 Å². The molecular formula is C10H18. The molecule has 0 saturated heterocycles. The van der Waals surface area contributed by atoms with Crippen molar-refractivity contribution < 1.29 is 0 Å². The largest absolute Gasteiger partial charge is 0.0622 e. The van der Waals surface area contributed by atoms with Crippen LogP contribution in [-0.4, -0.2) is 0 Å². The van der Waals surface area contributed by atoms with E-state index in [1.54, 1.807) is 0 Å². The molecule has 0 N–H and O–H groups in total. The zero-order valence-corrected chi connectivity index (χ0v) is 7.35. The highest BCUT2D eigenvalue weighted by Crippen LogP contribution is 2.61. The fourth-order valence-electron chi connectivity index (χ4n) is 3.18. The van der Waals surface area contributed by atoms with Crippen molar-refractivity contribution in [2.75, 3.05) is 0 Å². The predicted molar refractivity (Wildman–Crippen MR) is 43.8 cm³/mol. The SMILES string of the molecule is C[C@H]1CC[C@H]2CC1C2(C)C. The van der Waals surface area contributed by atoms with E-state index in [0.29, 0.717) is 5.41 Å². The Morgan fingerprint density at radius 1 is 1.20 bits per heavy atom. The van der Waals surface area contributed by atoms with Gasteiger partial charge in [0.05, 0.1) is 0 Å². The van der Waals surface area contributed by atoms with Gasteiger partial charge in [-0.25, -0.2) is 0 Å². The molecule has 3 aliphatic rings. The van der Waals surface area contributed by atoms with E-state index in [-0.39, 0.29) is 0 Å². The van der Waals surface area contributed by atoms with Crippen LogP contribution in [0, 0.1) is 23.2 Å². The predicted octanol–water partition coefficient (Wildman–Crippen LogP) is 3.08. The Morgan fingerprint density at radius 2 is 1.90 bits per heavy atom. The molecule has 3 rings (SSSR count). The third kappa shape index (κ3) is 0.627. The zero-order valence-electron chi connectivity index (χ0n) is 7.35. The van der Waals surface area contributed by atoms with Gasteiger partial charge < -0.3 is 0 Å². The van der Waals surface area contributed by atoms with E-state index in [2.05, 4.69) is 20.8 Å². The summed E-state index contributed by atoms with van der Waals surface area (Å²) in [6.45, 7) is 7.35. The number of hydrogen-bond acceptors (Lipinski definition) is 0. The van der Waals surface area contributed by atoms with Gasteiger partial charge in [-0.1, -0.05) is 27.2 Å². The highest BCUT2D eigenvalue weighted by Gasteiger charge is 2.52. The van der Waals surface area contributed by atoms with Crippen molar-refractivity contribution in [2.45, 2.75) is 40.0 Å². The Morgan fingerprint density at radius 3 is 2.20 bits per heavy atom. The van der Waals surface area contributed by atoms with Crippen LogP contribution in [0.1, 0.15) is 40.0 Å². The topological polar surface area (TPSA) is 0 Å². The second-order valence-corrected chi connectivity index (χ2v) is 4.92. The maximum Gasteiger partial charge on any atom is -0.0295 e. The molecule has 10 heavy (non-hydrogen) atoms. The van der Waals surface area contributed by atoms with Gasteiger partial charge in [-0.3, -0.25) is 0 Å². The summed E-state index contributed by atoms with van der Waals surface area (Å²) in [5, 5.41) is 0. The van der Waals surface area contributed by atoms with Crippen molar-refractivity contribution in [2.24, 2.45) is 23.2 Å². The molecule has 3 saturated carbocycles. The van der Waals surface area contributed by atoms with E-state index < -0.39 is 0 Å². The summed E-state index contributed by atoms with van der Waals surface area (Å²) >= 11 is 0. The monoisotopic (exact) mass is 138 g/mol. The van der Waals surface area contributed by atoms with E-state index in [0.717, 1.165) is 17.8 Å². The van der Waals surface area contributed by atoms with Crippen LogP contribution in [0.15, 0.2) is 0 Å². The lowest BCUT2D eigenvalue weighted by molar-refractivity contribution is -0.0988. The molecule has 58 valence electrons. The molecule has 0 heteroatoms. The van der Waals surface area contributed by atoms with E-state index in [1.807, 2.05) is 0 Å². The molecule has 0 aromatic carbocycles. The summed E-state index contributed by atoms with van der Waals surface area (Å²) in [7, 11) is 0. The number of hydrogen-bond donors (Lipinski definition) is 0. The van der Waals surface area contributed by atoms with Gasteiger partial charge in [0.15, 0.2) is 0 Å². The summed E-state index contributed by atoms with van der Waals surface area (Å²) in [4.78, 5) is 0. The van der Waals surface area contributed by atoms with Crippen LogP contribution in [0.4, 0.5) is 0 Å². The van der Waals surface area contributed by atoms with E-state index in [9.17, 15) is 0 Å². The fourth-order valence-corrected chi connectivity index (χ4v) is 3.18. The Hall–Kier alpha value is 0. The van der Waals surface area contributed by atoms with Crippen molar-refractivity contribution in [1.29, 1.82) is 0 Å². The Bertz CT molecular complexity index is 144. The van der Waals surface area contributed by atoms with Gasteiger partial charge in [-0.05, 0) is 36.0 Å². The Kier molecular flexibility index (Phi) is 1.19. The quantitative estimate of drug-likeness (QED) is 0.482. The maximum absolute atomic E-state index is 2.46. The van der Waals surface area contributed by atoms with Crippen molar-refractivity contribution in [3.63, 3.8) is 0 Å². The number of fused-ring (bicyclic) bond motifs is 2. The summed E-state index contributed by atoms with van der Waals surface area (Å²) in [5.74, 6) is 3.15. The van der Waals surface area contributed by atoms with E-state index >= 15 is 0 Å². The van der Waals surface area contributed by atoms with Crippen molar-refractivity contribution in [1.82, 2.24) is 0 Å². The first kappa shape index (κ1) is 6.69. The van der Waals surface area contributed by atoms with E-state index in [1.165, 1.54) is 19.3 Å². The minimum atomic E-state index is 0.706. The van der Waals surface area contributed by atoms with E-state index in [4.69, 9.17) is 0 Å². The van der Waals surface area contributed by atoms with Gasteiger partial charge in [0.1, 0.15) is 0 Å². The van der Waals surface area contributed by atoms with Crippen LogP contribution in [0.2, 0.25) is 0 Å². The molecule has 0 aromatic rings. The summed E-state index contributed by atoms with van der Waals surface area (Å²) in [5.41, 5.74) is 0.706. The van der Waals surface area contributed by atoms with Crippen LogP contribution in [0.5, 0.6) is 0 Å². The summed E-state index contributed by atoms with van der Waals surface area (Å²) in [6.07, 6.45) is 4.54. The van der Waals surface area contributed by atoms with Gasteiger partial charge in [0.2, 0.25) is 0 Å². The molecular weight excluding hydrogens is 120 g/mol. The van der Waals surface area contributed by atoms with Gasteiger partial charge >= 0.3 is 0 Å². The molecule has 0 spiro atoms. The standard InChI is InChI=1S/C10H18/c1-7-4-5-8-6-9(7)10(8,2)3/h7-9H,4-6H2,1-3H3/t7-,8-,9?/m0/s1. The first-order chi connectivity index (χ1) is 4.62. The Labute approximate surface area is 64.0 Å². The molecule has 1 unspecified atom stereocenters. The van der Waals surface area contributed by atoms with Crippen LogP contribution < -0.4 is 0 Å². The van der Waals surface area contributed by atoms with Crippen molar-refractivity contribution in [3.8, 4) is 0 Å². The van der Waals surface area contributed by atoms with Gasteiger partial charge in [0, 0.05) is 0 Å². The van der Waals surface area contributed by atoms with Gasteiger partial charge in [-0.15, -0.1) is 0 Å². The normalized spacial score (nSPS) is 50.1. The molecule has 3 aliphatic carbocycles. The molecule has 3 atom stereocenters. The Balaban J connectivity index is 2.16. The second-order valence-electron chi connectivity index (χ2n) is 4.92. The highest BCUT2D eigenvalue weighted by molar-refractivity contribution is 5.01. The average molecular weight is 138 g/mol. The minimum absolute atomic E-state index is 0.706. The number of rotatable bonds is 0. The van der Waals surface area contributed by atoms with Crippen LogP contribution in [0.3, 0.4) is 0 Å².